The molecule has 2 rings (SSSR count). The fourth-order valence-corrected chi connectivity index (χ4v) is 3.52. The summed E-state index contributed by atoms with van der Waals surface area (Å²) in [7, 11) is 0. The van der Waals surface area contributed by atoms with Crippen LogP contribution in [0.4, 0.5) is 5.69 Å². The Labute approximate surface area is 96.7 Å². The summed E-state index contributed by atoms with van der Waals surface area (Å²) in [5.74, 6) is 2.53. The Morgan fingerprint density at radius 3 is 2.67 bits per heavy atom. The lowest BCUT2D eigenvalue weighted by atomic mass is 9.82. The zero-order chi connectivity index (χ0) is 10.7. The van der Waals surface area contributed by atoms with Crippen LogP contribution in [0.15, 0.2) is 30.3 Å². The highest BCUT2D eigenvalue weighted by Crippen LogP contribution is 2.35. The van der Waals surface area contributed by atoms with Crippen molar-refractivity contribution in [2.45, 2.75) is 26.3 Å². The molecule has 1 N–H and O–H groups in total. The number of benzene rings is 1. The van der Waals surface area contributed by atoms with E-state index in [9.17, 15) is 0 Å². The van der Waals surface area contributed by atoms with Crippen LogP contribution in [-0.2, 0) is 0 Å². The Morgan fingerprint density at radius 1 is 1.27 bits per heavy atom. The van der Waals surface area contributed by atoms with Crippen LogP contribution >= 0.6 is 11.8 Å². The van der Waals surface area contributed by atoms with E-state index in [1.807, 2.05) is 0 Å². The van der Waals surface area contributed by atoms with Crippen LogP contribution in [0.5, 0.6) is 0 Å². The van der Waals surface area contributed by atoms with Crippen molar-refractivity contribution in [1.29, 1.82) is 0 Å². The molecular formula is C13H19NS. The number of anilines is 1. The SMILES string of the molecule is CC1(C)CCSCC1Nc1ccccc1. The third-order valence-corrected chi connectivity index (χ3v) is 4.30. The maximum absolute atomic E-state index is 3.65. The second kappa shape index (κ2) is 4.48. The number of thioether (sulfide) groups is 1. The lowest BCUT2D eigenvalue weighted by Gasteiger charge is -2.39. The van der Waals surface area contributed by atoms with Gasteiger partial charge in [0, 0.05) is 17.5 Å². The number of nitrogens with one attached hydrogen (secondary N) is 1. The smallest absolute Gasteiger partial charge is 0.0403 e. The number of hydrogen-bond donors (Lipinski definition) is 1. The van der Waals surface area contributed by atoms with Gasteiger partial charge in [0.2, 0.25) is 0 Å². The molecular weight excluding hydrogens is 202 g/mol. The molecule has 2 heteroatoms. The molecule has 1 aromatic rings. The van der Waals surface area contributed by atoms with Gasteiger partial charge in [0.25, 0.3) is 0 Å². The van der Waals surface area contributed by atoms with E-state index in [4.69, 9.17) is 0 Å². The molecule has 0 bridgehead atoms. The molecule has 0 amide bonds. The topological polar surface area (TPSA) is 12.0 Å². The van der Waals surface area contributed by atoms with E-state index < -0.39 is 0 Å². The summed E-state index contributed by atoms with van der Waals surface area (Å²) >= 11 is 2.06. The van der Waals surface area contributed by atoms with E-state index in [1.54, 1.807) is 0 Å². The molecule has 1 aliphatic rings. The van der Waals surface area contributed by atoms with Gasteiger partial charge in [-0.2, -0.15) is 11.8 Å². The molecule has 1 atom stereocenters. The second-order valence-electron chi connectivity index (χ2n) is 4.88. The second-order valence-corrected chi connectivity index (χ2v) is 6.03. The van der Waals surface area contributed by atoms with Crippen molar-refractivity contribution in [1.82, 2.24) is 0 Å². The Kier molecular flexibility index (Phi) is 3.25. The van der Waals surface area contributed by atoms with Crippen molar-refractivity contribution in [3.05, 3.63) is 30.3 Å². The van der Waals surface area contributed by atoms with Gasteiger partial charge >= 0.3 is 0 Å². The highest BCUT2D eigenvalue weighted by Gasteiger charge is 2.32. The van der Waals surface area contributed by atoms with Crippen molar-refractivity contribution in [2.75, 3.05) is 16.8 Å². The predicted molar refractivity (Wildman–Crippen MR) is 69.6 cm³/mol. The summed E-state index contributed by atoms with van der Waals surface area (Å²) in [6.07, 6.45) is 1.31. The van der Waals surface area contributed by atoms with E-state index in [-0.39, 0.29) is 0 Å². The molecule has 0 radical (unpaired) electrons. The summed E-state index contributed by atoms with van der Waals surface area (Å²) in [5.41, 5.74) is 1.67. The number of hydrogen-bond acceptors (Lipinski definition) is 2. The van der Waals surface area contributed by atoms with Crippen molar-refractivity contribution in [3.63, 3.8) is 0 Å². The summed E-state index contributed by atoms with van der Waals surface area (Å²) in [5, 5.41) is 3.65. The van der Waals surface area contributed by atoms with Crippen LogP contribution in [0.2, 0.25) is 0 Å². The molecule has 1 aliphatic heterocycles. The Balaban J connectivity index is 2.05. The van der Waals surface area contributed by atoms with E-state index in [0.717, 1.165) is 0 Å². The normalized spacial score (nSPS) is 24.8. The van der Waals surface area contributed by atoms with Crippen molar-refractivity contribution >= 4 is 17.4 Å². The average Bonchev–Trinajstić information content (AvgIpc) is 2.23. The Morgan fingerprint density at radius 2 is 2.00 bits per heavy atom. The van der Waals surface area contributed by atoms with Gasteiger partial charge in [-0.1, -0.05) is 32.0 Å². The lowest BCUT2D eigenvalue weighted by molar-refractivity contribution is 0.305. The maximum Gasteiger partial charge on any atom is 0.0403 e. The van der Waals surface area contributed by atoms with Gasteiger partial charge in [-0.3, -0.25) is 0 Å². The monoisotopic (exact) mass is 221 g/mol. The van der Waals surface area contributed by atoms with Crippen LogP contribution in [0.25, 0.3) is 0 Å². The average molecular weight is 221 g/mol. The zero-order valence-corrected chi connectivity index (χ0v) is 10.3. The lowest BCUT2D eigenvalue weighted by Crippen LogP contribution is -2.41. The van der Waals surface area contributed by atoms with E-state index >= 15 is 0 Å². The molecule has 1 aromatic carbocycles. The first kappa shape index (κ1) is 10.9. The minimum absolute atomic E-state index is 0.418. The van der Waals surface area contributed by atoms with Gasteiger partial charge in [0.05, 0.1) is 0 Å². The first-order chi connectivity index (χ1) is 7.18. The standard InChI is InChI=1S/C13H19NS/c1-13(2)8-9-15-10-12(13)14-11-6-4-3-5-7-11/h3-7,12,14H,8-10H2,1-2H3. The van der Waals surface area contributed by atoms with Crippen LogP contribution in [0.1, 0.15) is 20.3 Å². The minimum atomic E-state index is 0.418. The molecule has 1 fully saturated rings. The first-order valence-corrected chi connectivity index (χ1v) is 6.73. The van der Waals surface area contributed by atoms with E-state index in [1.165, 1.54) is 23.6 Å². The highest BCUT2D eigenvalue weighted by atomic mass is 32.2. The van der Waals surface area contributed by atoms with Crippen LogP contribution < -0.4 is 5.32 Å². The van der Waals surface area contributed by atoms with Gasteiger partial charge in [0.15, 0.2) is 0 Å². The molecule has 0 spiro atoms. The molecule has 1 nitrogen and oxygen atoms in total. The largest absolute Gasteiger partial charge is 0.381 e. The molecule has 1 heterocycles. The van der Waals surface area contributed by atoms with Gasteiger partial charge < -0.3 is 5.32 Å². The third-order valence-electron chi connectivity index (χ3n) is 3.23. The fraction of sp³-hybridized carbons (Fsp3) is 0.538. The highest BCUT2D eigenvalue weighted by molar-refractivity contribution is 7.99. The molecule has 82 valence electrons. The molecule has 1 unspecified atom stereocenters. The quantitative estimate of drug-likeness (QED) is 0.818. The molecule has 0 saturated carbocycles. The summed E-state index contributed by atoms with van der Waals surface area (Å²) in [4.78, 5) is 0. The fourth-order valence-electron chi connectivity index (χ4n) is 1.91. The zero-order valence-electron chi connectivity index (χ0n) is 9.49. The van der Waals surface area contributed by atoms with Crippen molar-refractivity contribution in [2.24, 2.45) is 5.41 Å². The maximum atomic E-state index is 3.65. The molecule has 0 aliphatic carbocycles. The van der Waals surface area contributed by atoms with Crippen LogP contribution in [0, 0.1) is 5.41 Å². The van der Waals surface area contributed by atoms with E-state index in [2.05, 4.69) is 61.3 Å². The van der Waals surface area contributed by atoms with Gasteiger partial charge in [-0.15, -0.1) is 0 Å². The molecule has 15 heavy (non-hydrogen) atoms. The summed E-state index contributed by atoms with van der Waals surface area (Å²) in [6.45, 7) is 4.74. The van der Waals surface area contributed by atoms with Gasteiger partial charge in [-0.05, 0) is 29.7 Å². The molecule has 0 aromatic heterocycles. The minimum Gasteiger partial charge on any atom is -0.381 e. The Bertz CT molecular complexity index is 308. The Hall–Kier alpha value is -0.630. The van der Waals surface area contributed by atoms with Gasteiger partial charge in [-0.25, -0.2) is 0 Å². The summed E-state index contributed by atoms with van der Waals surface area (Å²) < 4.78 is 0. The molecule has 1 saturated heterocycles. The number of rotatable bonds is 2. The number of para-hydroxylation sites is 1. The third kappa shape index (κ3) is 2.69. The first-order valence-electron chi connectivity index (χ1n) is 5.58. The van der Waals surface area contributed by atoms with E-state index in [0.29, 0.717) is 11.5 Å². The van der Waals surface area contributed by atoms with Crippen molar-refractivity contribution in [3.8, 4) is 0 Å². The van der Waals surface area contributed by atoms with Crippen LogP contribution in [0.3, 0.4) is 0 Å². The summed E-state index contributed by atoms with van der Waals surface area (Å²) in [6, 6.07) is 11.1. The van der Waals surface area contributed by atoms with Gasteiger partial charge in [0.1, 0.15) is 0 Å². The van der Waals surface area contributed by atoms with Crippen molar-refractivity contribution < 1.29 is 0 Å². The van der Waals surface area contributed by atoms with Crippen LogP contribution in [-0.4, -0.2) is 17.5 Å². The predicted octanol–water partition coefficient (Wildman–Crippen LogP) is 3.63.